The summed E-state index contributed by atoms with van der Waals surface area (Å²) in [6.45, 7) is 9.48. The zero-order chi connectivity index (χ0) is 8.43. The van der Waals surface area contributed by atoms with Gasteiger partial charge < -0.3 is 0 Å². The first-order chi connectivity index (χ1) is 5.16. The molecule has 0 nitrogen and oxygen atoms in total. The van der Waals surface area contributed by atoms with Crippen molar-refractivity contribution < 1.29 is 0 Å². The molecule has 1 saturated carbocycles. The normalized spacial score (nSPS) is 33.5. The first-order valence-corrected chi connectivity index (χ1v) is 5.16. The lowest BCUT2D eigenvalue weighted by Crippen LogP contribution is -2.34. The zero-order valence-corrected chi connectivity index (χ0v) is 8.43. The van der Waals surface area contributed by atoms with E-state index in [9.17, 15) is 0 Å². The predicted molar refractivity (Wildman–Crippen MR) is 50.5 cm³/mol. The molecule has 0 N–H and O–H groups in total. The predicted octanol–water partition coefficient (Wildman–Crippen LogP) is 3.71. The summed E-state index contributed by atoms with van der Waals surface area (Å²) in [4.78, 5) is 0. The summed E-state index contributed by atoms with van der Waals surface area (Å²) >= 11 is 0. The maximum Gasteiger partial charge on any atom is -0.0358 e. The van der Waals surface area contributed by atoms with Gasteiger partial charge in [-0.25, -0.2) is 0 Å². The van der Waals surface area contributed by atoms with Crippen LogP contribution >= 0.6 is 0 Å². The molecular weight excluding hydrogens is 132 g/mol. The topological polar surface area (TPSA) is 0 Å². The first-order valence-electron chi connectivity index (χ1n) is 5.16. The van der Waals surface area contributed by atoms with E-state index in [0.717, 1.165) is 23.7 Å². The molecule has 11 heavy (non-hydrogen) atoms. The van der Waals surface area contributed by atoms with Gasteiger partial charge in [0.15, 0.2) is 0 Å². The molecule has 0 aliphatic heterocycles. The maximum atomic E-state index is 2.42. The van der Waals surface area contributed by atoms with Crippen LogP contribution in [0.4, 0.5) is 0 Å². The molecule has 0 aromatic heterocycles. The summed E-state index contributed by atoms with van der Waals surface area (Å²) in [5.74, 6) is 3.99. The summed E-state index contributed by atoms with van der Waals surface area (Å²) in [7, 11) is 0. The molecule has 0 aromatic rings. The second kappa shape index (κ2) is 3.60. The highest BCUT2D eigenvalue weighted by Gasteiger charge is 2.35. The average Bonchev–Trinajstić information content (AvgIpc) is 1.83. The smallest absolute Gasteiger partial charge is 0.0358 e. The average molecular weight is 154 g/mol. The van der Waals surface area contributed by atoms with Crippen LogP contribution in [0.1, 0.15) is 47.0 Å². The van der Waals surface area contributed by atoms with E-state index in [1.54, 1.807) is 0 Å². The van der Waals surface area contributed by atoms with Gasteiger partial charge in [-0.2, -0.15) is 0 Å². The minimum absolute atomic E-state index is 0.919. The second-order valence-electron chi connectivity index (χ2n) is 4.53. The molecule has 1 aliphatic carbocycles. The molecule has 0 saturated heterocycles. The molecule has 0 spiro atoms. The molecule has 1 rings (SSSR count). The van der Waals surface area contributed by atoms with Crippen LogP contribution in [0, 0.1) is 23.7 Å². The highest BCUT2D eigenvalue weighted by atomic mass is 14.4. The van der Waals surface area contributed by atoms with Gasteiger partial charge in [-0.05, 0) is 36.5 Å². The van der Waals surface area contributed by atoms with E-state index in [1.165, 1.54) is 19.3 Å². The standard InChI is InChI=1S/C11H22/c1-5-9(4)11-7-6-10(11)8(2)3/h8-11H,5-7H2,1-4H3. The molecule has 0 bridgehead atoms. The van der Waals surface area contributed by atoms with Crippen molar-refractivity contribution in [3.63, 3.8) is 0 Å². The van der Waals surface area contributed by atoms with Crippen molar-refractivity contribution in [3.8, 4) is 0 Å². The Balaban J connectivity index is 2.36. The SMILES string of the molecule is CCC(C)C1CCC1C(C)C. The number of rotatable bonds is 3. The summed E-state index contributed by atoms with van der Waals surface area (Å²) in [5, 5.41) is 0. The van der Waals surface area contributed by atoms with Gasteiger partial charge in [-0.3, -0.25) is 0 Å². The Morgan fingerprint density at radius 1 is 1.09 bits per heavy atom. The van der Waals surface area contributed by atoms with E-state index < -0.39 is 0 Å². The second-order valence-corrected chi connectivity index (χ2v) is 4.53. The van der Waals surface area contributed by atoms with Gasteiger partial charge in [0.25, 0.3) is 0 Å². The van der Waals surface area contributed by atoms with E-state index >= 15 is 0 Å². The monoisotopic (exact) mass is 154 g/mol. The molecule has 3 unspecified atom stereocenters. The van der Waals surface area contributed by atoms with Crippen LogP contribution in [0.25, 0.3) is 0 Å². The van der Waals surface area contributed by atoms with Gasteiger partial charge in [-0.1, -0.05) is 34.1 Å². The molecular formula is C11H22. The van der Waals surface area contributed by atoms with E-state index in [4.69, 9.17) is 0 Å². The summed E-state index contributed by atoms with van der Waals surface area (Å²) < 4.78 is 0. The van der Waals surface area contributed by atoms with Gasteiger partial charge in [0, 0.05) is 0 Å². The molecule has 0 radical (unpaired) electrons. The molecule has 0 heterocycles. The fourth-order valence-electron chi connectivity index (χ4n) is 2.39. The Bertz CT molecular complexity index is 115. The van der Waals surface area contributed by atoms with Crippen LogP contribution in [0.3, 0.4) is 0 Å². The lowest BCUT2D eigenvalue weighted by Gasteiger charge is -2.43. The first kappa shape index (κ1) is 9.09. The molecule has 0 aromatic carbocycles. The highest BCUT2D eigenvalue weighted by molar-refractivity contribution is 4.85. The molecule has 66 valence electrons. The Kier molecular flexibility index (Phi) is 2.98. The molecule has 0 heteroatoms. The third-order valence-corrected chi connectivity index (χ3v) is 3.61. The summed E-state index contributed by atoms with van der Waals surface area (Å²) in [6.07, 6.45) is 4.36. The number of hydrogen-bond acceptors (Lipinski definition) is 0. The third-order valence-electron chi connectivity index (χ3n) is 3.61. The lowest BCUT2D eigenvalue weighted by molar-refractivity contribution is 0.0702. The Morgan fingerprint density at radius 3 is 1.91 bits per heavy atom. The molecule has 1 fully saturated rings. The molecule has 0 amide bonds. The van der Waals surface area contributed by atoms with Gasteiger partial charge in [0.05, 0.1) is 0 Å². The maximum absolute atomic E-state index is 2.42. The van der Waals surface area contributed by atoms with Crippen LogP contribution in [-0.4, -0.2) is 0 Å². The Morgan fingerprint density at radius 2 is 1.64 bits per heavy atom. The van der Waals surface area contributed by atoms with Crippen LogP contribution in [0.5, 0.6) is 0 Å². The Labute approximate surface area is 71.4 Å². The van der Waals surface area contributed by atoms with Gasteiger partial charge >= 0.3 is 0 Å². The van der Waals surface area contributed by atoms with Gasteiger partial charge in [0.1, 0.15) is 0 Å². The van der Waals surface area contributed by atoms with Crippen molar-refractivity contribution in [2.24, 2.45) is 23.7 Å². The number of hydrogen-bond donors (Lipinski definition) is 0. The fraction of sp³-hybridized carbons (Fsp3) is 1.00. The molecule has 1 aliphatic rings. The minimum atomic E-state index is 0.919. The highest BCUT2D eigenvalue weighted by Crippen LogP contribution is 2.44. The van der Waals surface area contributed by atoms with Crippen molar-refractivity contribution in [1.29, 1.82) is 0 Å². The Hall–Kier alpha value is 0. The van der Waals surface area contributed by atoms with Crippen LogP contribution < -0.4 is 0 Å². The van der Waals surface area contributed by atoms with Crippen molar-refractivity contribution in [1.82, 2.24) is 0 Å². The van der Waals surface area contributed by atoms with Gasteiger partial charge in [0.2, 0.25) is 0 Å². The van der Waals surface area contributed by atoms with E-state index in [2.05, 4.69) is 27.7 Å². The fourth-order valence-corrected chi connectivity index (χ4v) is 2.39. The van der Waals surface area contributed by atoms with Crippen LogP contribution in [-0.2, 0) is 0 Å². The van der Waals surface area contributed by atoms with E-state index in [1.807, 2.05) is 0 Å². The minimum Gasteiger partial charge on any atom is -0.0651 e. The summed E-state index contributed by atoms with van der Waals surface area (Å²) in [6, 6.07) is 0. The largest absolute Gasteiger partial charge is 0.0651 e. The van der Waals surface area contributed by atoms with Gasteiger partial charge in [-0.15, -0.1) is 0 Å². The van der Waals surface area contributed by atoms with Crippen molar-refractivity contribution in [3.05, 3.63) is 0 Å². The zero-order valence-electron chi connectivity index (χ0n) is 8.43. The third kappa shape index (κ3) is 1.77. The van der Waals surface area contributed by atoms with Crippen molar-refractivity contribution in [2.75, 3.05) is 0 Å². The van der Waals surface area contributed by atoms with E-state index in [0.29, 0.717) is 0 Å². The molecule has 3 atom stereocenters. The van der Waals surface area contributed by atoms with Crippen molar-refractivity contribution in [2.45, 2.75) is 47.0 Å². The quantitative estimate of drug-likeness (QED) is 0.581. The van der Waals surface area contributed by atoms with Crippen LogP contribution in [0.2, 0.25) is 0 Å². The lowest BCUT2D eigenvalue weighted by atomic mass is 9.63. The van der Waals surface area contributed by atoms with Crippen LogP contribution in [0.15, 0.2) is 0 Å². The van der Waals surface area contributed by atoms with E-state index in [-0.39, 0.29) is 0 Å². The summed E-state index contributed by atoms with van der Waals surface area (Å²) in [5.41, 5.74) is 0. The van der Waals surface area contributed by atoms with Crippen molar-refractivity contribution >= 4 is 0 Å².